The highest BCUT2D eigenvalue weighted by Crippen LogP contribution is 2.22. The number of rotatable bonds is 2. The van der Waals surface area contributed by atoms with Gasteiger partial charge in [-0.3, -0.25) is 4.79 Å². The Kier molecular flexibility index (Phi) is 4.15. The second-order valence-corrected chi connectivity index (χ2v) is 4.41. The van der Waals surface area contributed by atoms with Crippen LogP contribution >= 0.6 is 0 Å². The molecule has 1 aliphatic rings. The predicted octanol–water partition coefficient (Wildman–Crippen LogP) is 1.24. The van der Waals surface area contributed by atoms with Gasteiger partial charge in [0.1, 0.15) is 0 Å². The van der Waals surface area contributed by atoms with Crippen molar-refractivity contribution in [2.45, 2.75) is 32.7 Å². The van der Waals surface area contributed by atoms with E-state index >= 15 is 0 Å². The zero-order valence-corrected chi connectivity index (χ0v) is 10.1. The van der Waals surface area contributed by atoms with Gasteiger partial charge in [-0.05, 0) is 26.7 Å². The van der Waals surface area contributed by atoms with Crippen LogP contribution in [-0.2, 0) is 4.79 Å². The van der Waals surface area contributed by atoms with E-state index < -0.39 is 11.9 Å². The van der Waals surface area contributed by atoms with Gasteiger partial charge in [-0.15, -0.1) is 0 Å². The van der Waals surface area contributed by atoms with Crippen LogP contribution < -0.4 is 0 Å². The van der Waals surface area contributed by atoms with Crippen molar-refractivity contribution in [3.63, 3.8) is 0 Å². The molecule has 0 aromatic rings. The van der Waals surface area contributed by atoms with E-state index in [2.05, 4.69) is 0 Å². The first-order valence-electron chi connectivity index (χ1n) is 5.71. The van der Waals surface area contributed by atoms with Gasteiger partial charge in [0.15, 0.2) is 0 Å². The number of nitrogens with zero attached hydrogens (tertiary/aromatic N) is 2. The molecule has 0 radical (unpaired) electrons. The molecule has 2 atom stereocenters. The van der Waals surface area contributed by atoms with E-state index in [0.29, 0.717) is 19.5 Å². The Bertz CT molecular complexity index is 280. The number of hydrogen-bond donors (Lipinski definition) is 1. The maximum atomic E-state index is 12.0. The van der Waals surface area contributed by atoms with Gasteiger partial charge in [-0.2, -0.15) is 0 Å². The summed E-state index contributed by atoms with van der Waals surface area (Å²) in [5.41, 5.74) is 0. The Balaban J connectivity index is 2.69. The maximum absolute atomic E-state index is 12.0. The van der Waals surface area contributed by atoms with Crippen molar-refractivity contribution < 1.29 is 14.7 Å². The van der Waals surface area contributed by atoms with Gasteiger partial charge < -0.3 is 14.9 Å². The zero-order valence-electron chi connectivity index (χ0n) is 10.1. The fraction of sp³-hybridized carbons (Fsp3) is 0.818. The van der Waals surface area contributed by atoms with Crippen molar-refractivity contribution in [1.29, 1.82) is 0 Å². The molecule has 92 valence electrons. The van der Waals surface area contributed by atoms with Crippen molar-refractivity contribution in [2.75, 3.05) is 20.1 Å². The highest BCUT2D eigenvalue weighted by molar-refractivity contribution is 5.76. The predicted molar refractivity (Wildman–Crippen MR) is 60.2 cm³/mol. The molecule has 2 amide bonds. The summed E-state index contributed by atoms with van der Waals surface area (Å²) in [4.78, 5) is 26.2. The van der Waals surface area contributed by atoms with Crippen molar-refractivity contribution >= 4 is 12.0 Å². The van der Waals surface area contributed by atoms with Gasteiger partial charge in [0.2, 0.25) is 0 Å². The van der Waals surface area contributed by atoms with Crippen molar-refractivity contribution in [3.8, 4) is 0 Å². The van der Waals surface area contributed by atoms with Crippen LogP contribution in [-0.4, -0.2) is 53.1 Å². The van der Waals surface area contributed by atoms with E-state index in [9.17, 15) is 9.59 Å². The van der Waals surface area contributed by atoms with Gasteiger partial charge in [-0.1, -0.05) is 0 Å². The molecule has 0 spiro atoms. The molecule has 5 heteroatoms. The highest BCUT2D eigenvalue weighted by atomic mass is 16.4. The number of amides is 2. The van der Waals surface area contributed by atoms with Gasteiger partial charge in [0.25, 0.3) is 0 Å². The third kappa shape index (κ3) is 2.65. The minimum Gasteiger partial charge on any atom is -0.481 e. The molecule has 2 unspecified atom stereocenters. The molecule has 1 fully saturated rings. The first kappa shape index (κ1) is 12.8. The van der Waals surface area contributed by atoms with Crippen LogP contribution in [0.2, 0.25) is 0 Å². The number of carbonyl (C=O) groups is 2. The Hall–Kier alpha value is -1.26. The average Bonchev–Trinajstić information content (AvgIpc) is 2.27. The minimum atomic E-state index is -0.802. The molecule has 1 rings (SSSR count). The van der Waals surface area contributed by atoms with Crippen LogP contribution in [0.25, 0.3) is 0 Å². The highest BCUT2D eigenvalue weighted by Gasteiger charge is 2.33. The molecule has 0 aliphatic carbocycles. The fourth-order valence-corrected chi connectivity index (χ4v) is 1.93. The van der Waals surface area contributed by atoms with Crippen LogP contribution in [0.4, 0.5) is 4.79 Å². The van der Waals surface area contributed by atoms with E-state index in [4.69, 9.17) is 5.11 Å². The summed E-state index contributed by atoms with van der Waals surface area (Å²) >= 11 is 0. The third-order valence-electron chi connectivity index (χ3n) is 3.28. The Labute approximate surface area is 96.0 Å². The van der Waals surface area contributed by atoms with Gasteiger partial charge in [0, 0.05) is 26.2 Å². The number of hydrogen-bond acceptors (Lipinski definition) is 2. The molecular formula is C11H20N2O3. The van der Waals surface area contributed by atoms with Crippen molar-refractivity contribution in [2.24, 2.45) is 5.92 Å². The minimum absolute atomic E-state index is 0.0686. The molecule has 0 aromatic heterocycles. The standard InChI is InChI=1S/C11H20N2O3/c1-4-12(3)11(16)13-7-9(10(14)15)6-5-8(13)2/h8-9H,4-7H2,1-3H3,(H,14,15). The summed E-state index contributed by atoms with van der Waals surface area (Å²) in [6.07, 6.45) is 1.43. The Morgan fingerprint density at radius 2 is 2.06 bits per heavy atom. The molecular weight excluding hydrogens is 208 g/mol. The summed E-state index contributed by atoms with van der Waals surface area (Å²) in [6, 6.07) is 0.0676. The van der Waals surface area contributed by atoms with E-state index in [1.54, 1.807) is 16.8 Å². The summed E-state index contributed by atoms with van der Waals surface area (Å²) in [5, 5.41) is 8.97. The van der Waals surface area contributed by atoms with Crippen LogP contribution in [0.5, 0.6) is 0 Å². The largest absolute Gasteiger partial charge is 0.481 e. The first-order chi connectivity index (χ1) is 7.47. The fourth-order valence-electron chi connectivity index (χ4n) is 1.93. The smallest absolute Gasteiger partial charge is 0.319 e. The lowest BCUT2D eigenvalue weighted by Gasteiger charge is -2.38. The molecule has 1 heterocycles. The van der Waals surface area contributed by atoms with E-state index in [-0.39, 0.29) is 12.1 Å². The number of urea groups is 1. The monoisotopic (exact) mass is 228 g/mol. The van der Waals surface area contributed by atoms with Gasteiger partial charge in [-0.25, -0.2) is 4.79 Å². The molecule has 0 aromatic carbocycles. The Morgan fingerprint density at radius 1 is 1.44 bits per heavy atom. The average molecular weight is 228 g/mol. The lowest BCUT2D eigenvalue weighted by molar-refractivity contribution is -0.143. The van der Waals surface area contributed by atoms with Crippen LogP contribution in [0.3, 0.4) is 0 Å². The van der Waals surface area contributed by atoms with Crippen LogP contribution in [0, 0.1) is 5.92 Å². The number of piperidine rings is 1. The first-order valence-corrected chi connectivity index (χ1v) is 5.71. The maximum Gasteiger partial charge on any atom is 0.319 e. The summed E-state index contributed by atoms with van der Waals surface area (Å²) < 4.78 is 0. The summed E-state index contributed by atoms with van der Waals surface area (Å²) in [7, 11) is 1.74. The normalized spacial score (nSPS) is 25.3. The van der Waals surface area contributed by atoms with Crippen molar-refractivity contribution in [3.05, 3.63) is 0 Å². The third-order valence-corrected chi connectivity index (χ3v) is 3.28. The molecule has 5 nitrogen and oxygen atoms in total. The van der Waals surface area contributed by atoms with E-state index in [1.165, 1.54) is 0 Å². The van der Waals surface area contributed by atoms with Crippen LogP contribution in [0.1, 0.15) is 26.7 Å². The van der Waals surface area contributed by atoms with Crippen LogP contribution in [0.15, 0.2) is 0 Å². The summed E-state index contributed by atoms with van der Waals surface area (Å²) in [5.74, 6) is -1.21. The molecule has 1 N–H and O–H groups in total. The number of likely N-dealkylation sites (tertiary alicyclic amines) is 1. The molecule has 16 heavy (non-hydrogen) atoms. The SMILES string of the molecule is CCN(C)C(=O)N1CC(C(=O)O)CCC1C. The molecule has 0 bridgehead atoms. The molecule has 1 aliphatic heterocycles. The van der Waals surface area contributed by atoms with Gasteiger partial charge >= 0.3 is 12.0 Å². The lowest BCUT2D eigenvalue weighted by Crippen LogP contribution is -2.51. The Morgan fingerprint density at radius 3 is 2.56 bits per heavy atom. The van der Waals surface area contributed by atoms with Crippen molar-refractivity contribution in [1.82, 2.24) is 9.80 Å². The number of carboxylic acid groups (broad SMARTS) is 1. The quantitative estimate of drug-likeness (QED) is 0.773. The number of carboxylic acids is 1. The molecule has 1 saturated heterocycles. The van der Waals surface area contributed by atoms with E-state index in [1.807, 2.05) is 13.8 Å². The summed E-state index contributed by atoms with van der Waals surface area (Å²) in [6.45, 7) is 4.85. The topological polar surface area (TPSA) is 60.9 Å². The number of carbonyl (C=O) groups excluding carboxylic acids is 1. The number of aliphatic carboxylic acids is 1. The lowest BCUT2D eigenvalue weighted by atomic mass is 9.94. The van der Waals surface area contributed by atoms with E-state index in [0.717, 1.165) is 6.42 Å². The molecule has 0 saturated carbocycles. The van der Waals surface area contributed by atoms with Gasteiger partial charge in [0.05, 0.1) is 5.92 Å². The second-order valence-electron chi connectivity index (χ2n) is 4.41. The second kappa shape index (κ2) is 5.18. The zero-order chi connectivity index (χ0) is 12.3.